The van der Waals surface area contributed by atoms with E-state index in [0.29, 0.717) is 0 Å². The average Bonchev–Trinajstić information content (AvgIpc) is 2.41. The number of nitrogens with zero attached hydrogens (tertiary/aromatic N) is 2. The van der Waals surface area contributed by atoms with E-state index in [1.165, 1.54) is 11.1 Å². The molecule has 12 heavy (non-hydrogen) atoms. The summed E-state index contributed by atoms with van der Waals surface area (Å²) in [7, 11) is 0. The van der Waals surface area contributed by atoms with Gasteiger partial charge in [-0.1, -0.05) is 6.07 Å². The average molecular weight is 225 g/mol. The van der Waals surface area contributed by atoms with E-state index in [0.717, 1.165) is 10.3 Å². The van der Waals surface area contributed by atoms with Gasteiger partial charge in [-0.3, -0.25) is 0 Å². The summed E-state index contributed by atoms with van der Waals surface area (Å²) in [6.07, 6.45) is 0. The molecule has 2 rings (SSSR count). The number of fused-ring (bicyclic) bond motifs is 1. The highest BCUT2D eigenvalue weighted by molar-refractivity contribution is 9.10. The Hall–Kier alpha value is -0.830. The number of hydrogen-bond donors (Lipinski definition) is 0. The van der Waals surface area contributed by atoms with Gasteiger partial charge in [0.05, 0.1) is 5.52 Å². The highest BCUT2D eigenvalue weighted by Crippen LogP contribution is 2.16. The maximum atomic E-state index is 4.31. The third-order valence-electron chi connectivity index (χ3n) is 1.99. The molecule has 0 unspecified atom stereocenters. The molecular weight excluding hydrogens is 216 g/mol. The first-order valence-electron chi connectivity index (χ1n) is 3.80. The molecule has 0 amide bonds. The summed E-state index contributed by atoms with van der Waals surface area (Å²) in [5.41, 5.74) is 3.57. The zero-order valence-electron chi connectivity index (χ0n) is 7.00. The van der Waals surface area contributed by atoms with Gasteiger partial charge in [-0.25, -0.2) is 4.52 Å². The minimum absolute atomic E-state index is 0.889. The Balaban J connectivity index is 2.93. The molecule has 0 N–H and O–H groups in total. The van der Waals surface area contributed by atoms with E-state index >= 15 is 0 Å². The van der Waals surface area contributed by atoms with E-state index in [9.17, 15) is 0 Å². The molecule has 0 aliphatic rings. The van der Waals surface area contributed by atoms with Crippen LogP contribution in [-0.4, -0.2) is 9.61 Å². The molecule has 2 heterocycles. The summed E-state index contributed by atoms with van der Waals surface area (Å²) in [6, 6.07) is 6.21. The van der Waals surface area contributed by atoms with Gasteiger partial charge in [-0.05, 0) is 47.5 Å². The Morgan fingerprint density at radius 1 is 1.33 bits per heavy atom. The van der Waals surface area contributed by atoms with Gasteiger partial charge in [-0.2, -0.15) is 5.10 Å². The predicted octanol–water partition coefficient (Wildman–Crippen LogP) is 2.71. The molecule has 0 aromatic carbocycles. The lowest BCUT2D eigenvalue weighted by molar-refractivity contribution is 0.899. The van der Waals surface area contributed by atoms with Crippen LogP contribution in [0.1, 0.15) is 11.3 Å². The van der Waals surface area contributed by atoms with Crippen molar-refractivity contribution in [1.82, 2.24) is 9.61 Å². The third-order valence-corrected chi connectivity index (χ3v) is 2.38. The molecule has 0 fully saturated rings. The van der Waals surface area contributed by atoms with E-state index in [2.05, 4.69) is 40.1 Å². The molecule has 2 nitrogen and oxygen atoms in total. The van der Waals surface area contributed by atoms with Gasteiger partial charge < -0.3 is 0 Å². The third kappa shape index (κ3) is 1.05. The molecule has 0 saturated carbocycles. The van der Waals surface area contributed by atoms with Gasteiger partial charge in [0.2, 0.25) is 0 Å². The predicted molar refractivity (Wildman–Crippen MR) is 52.4 cm³/mol. The Labute approximate surface area is 79.3 Å². The van der Waals surface area contributed by atoms with Crippen molar-refractivity contribution in [2.45, 2.75) is 13.8 Å². The Morgan fingerprint density at radius 2 is 2.08 bits per heavy atom. The van der Waals surface area contributed by atoms with Crippen LogP contribution in [-0.2, 0) is 0 Å². The van der Waals surface area contributed by atoms with Crippen molar-refractivity contribution in [3.63, 3.8) is 0 Å². The molecule has 2 aromatic heterocycles. The van der Waals surface area contributed by atoms with E-state index in [1.54, 1.807) is 0 Å². The number of halogens is 1. The van der Waals surface area contributed by atoms with Crippen LogP contribution in [0.3, 0.4) is 0 Å². The van der Waals surface area contributed by atoms with Crippen molar-refractivity contribution in [1.29, 1.82) is 0 Å². The molecule has 0 radical (unpaired) electrons. The molecule has 2 aromatic rings. The lowest BCUT2D eigenvalue weighted by atomic mass is 10.2. The largest absolute Gasteiger partial charge is 0.237 e. The van der Waals surface area contributed by atoms with Crippen LogP contribution in [0.5, 0.6) is 0 Å². The Bertz CT molecular complexity index is 392. The van der Waals surface area contributed by atoms with Gasteiger partial charge >= 0.3 is 0 Å². The first-order valence-corrected chi connectivity index (χ1v) is 4.59. The molecule has 0 aliphatic carbocycles. The Kier molecular flexibility index (Phi) is 1.68. The first kappa shape index (κ1) is 7.80. The van der Waals surface area contributed by atoms with Crippen molar-refractivity contribution in [3.8, 4) is 0 Å². The SMILES string of the molecule is Cc1ccc(C)n2nc(Br)cc12. The zero-order chi connectivity index (χ0) is 8.72. The molecule has 0 atom stereocenters. The van der Waals surface area contributed by atoms with Crippen LogP contribution >= 0.6 is 15.9 Å². The number of rotatable bonds is 0. The second kappa shape index (κ2) is 2.59. The van der Waals surface area contributed by atoms with Crippen molar-refractivity contribution in [2.24, 2.45) is 0 Å². The summed E-state index contributed by atoms with van der Waals surface area (Å²) in [6.45, 7) is 4.13. The molecule has 3 heteroatoms. The van der Waals surface area contributed by atoms with E-state index < -0.39 is 0 Å². The first-order chi connectivity index (χ1) is 5.68. The molecule has 0 spiro atoms. The van der Waals surface area contributed by atoms with E-state index in [1.807, 2.05) is 17.5 Å². The minimum atomic E-state index is 0.889. The Morgan fingerprint density at radius 3 is 2.75 bits per heavy atom. The second-order valence-electron chi connectivity index (χ2n) is 2.92. The van der Waals surface area contributed by atoms with E-state index in [-0.39, 0.29) is 0 Å². The van der Waals surface area contributed by atoms with Crippen molar-refractivity contribution in [2.75, 3.05) is 0 Å². The monoisotopic (exact) mass is 224 g/mol. The fourth-order valence-electron chi connectivity index (χ4n) is 1.30. The smallest absolute Gasteiger partial charge is 0.129 e. The summed E-state index contributed by atoms with van der Waals surface area (Å²) in [4.78, 5) is 0. The van der Waals surface area contributed by atoms with Crippen LogP contribution in [0.25, 0.3) is 5.52 Å². The number of hydrogen-bond acceptors (Lipinski definition) is 1. The zero-order valence-corrected chi connectivity index (χ0v) is 8.59. The maximum absolute atomic E-state index is 4.31. The number of pyridine rings is 1. The van der Waals surface area contributed by atoms with Crippen LogP contribution in [0.2, 0.25) is 0 Å². The van der Waals surface area contributed by atoms with Gasteiger partial charge in [0.15, 0.2) is 0 Å². The minimum Gasteiger partial charge on any atom is -0.237 e. The van der Waals surface area contributed by atoms with Gasteiger partial charge in [0.25, 0.3) is 0 Å². The summed E-state index contributed by atoms with van der Waals surface area (Å²) in [5, 5.41) is 4.31. The molecule has 0 bridgehead atoms. The van der Waals surface area contributed by atoms with Crippen molar-refractivity contribution < 1.29 is 0 Å². The van der Waals surface area contributed by atoms with Gasteiger partial charge in [0.1, 0.15) is 4.60 Å². The van der Waals surface area contributed by atoms with Crippen LogP contribution < -0.4 is 0 Å². The van der Waals surface area contributed by atoms with Crippen molar-refractivity contribution >= 4 is 21.4 Å². The summed E-state index contributed by atoms with van der Waals surface area (Å²) >= 11 is 3.36. The van der Waals surface area contributed by atoms with Crippen LogP contribution in [0, 0.1) is 13.8 Å². The normalized spacial score (nSPS) is 10.9. The van der Waals surface area contributed by atoms with Crippen LogP contribution in [0.15, 0.2) is 22.8 Å². The highest BCUT2D eigenvalue weighted by atomic mass is 79.9. The topological polar surface area (TPSA) is 17.3 Å². The number of aromatic nitrogens is 2. The summed E-state index contributed by atoms with van der Waals surface area (Å²) < 4.78 is 2.83. The maximum Gasteiger partial charge on any atom is 0.129 e. The van der Waals surface area contributed by atoms with Gasteiger partial charge in [-0.15, -0.1) is 0 Å². The lowest BCUT2D eigenvalue weighted by Crippen LogP contribution is -1.93. The van der Waals surface area contributed by atoms with Crippen molar-refractivity contribution in [3.05, 3.63) is 34.1 Å². The molecule has 0 aliphatic heterocycles. The summed E-state index contributed by atoms with van der Waals surface area (Å²) in [5.74, 6) is 0. The molecule has 62 valence electrons. The second-order valence-corrected chi connectivity index (χ2v) is 3.73. The number of aryl methyl sites for hydroxylation is 2. The highest BCUT2D eigenvalue weighted by Gasteiger charge is 2.02. The lowest BCUT2D eigenvalue weighted by Gasteiger charge is -2.00. The van der Waals surface area contributed by atoms with Gasteiger partial charge in [0, 0.05) is 5.69 Å². The fourth-order valence-corrected chi connectivity index (χ4v) is 1.68. The standard InChI is InChI=1S/C9H9BrN2/c1-6-3-4-7(2)12-8(6)5-9(10)11-12/h3-5H,1-2H3. The van der Waals surface area contributed by atoms with Crippen LogP contribution in [0.4, 0.5) is 0 Å². The fraction of sp³-hybridized carbons (Fsp3) is 0.222. The molecular formula is C9H9BrN2. The molecule has 0 saturated heterocycles. The van der Waals surface area contributed by atoms with E-state index in [4.69, 9.17) is 0 Å². The quantitative estimate of drug-likeness (QED) is 0.673.